The number of hydrogen-bond acceptors (Lipinski definition) is 3. The number of anilines is 1. The number of hydrogen-bond donors (Lipinski definition) is 2. The lowest BCUT2D eigenvalue weighted by Crippen LogP contribution is -2.37. The van der Waals surface area contributed by atoms with Crippen molar-refractivity contribution < 1.29 is 14.3 Å². The molecule has 1 amide bonds. The summed E-state index contributed by atoms with van der Waals surface area (Å²) in [4.78, 5) is 14.7. The number of aryl methyl sites for hydroxylation is 1. The van der Waals surface area contributed by atoms with Crippen LogP contribution >= 0.6 is 0 Å². The molecule has 2 aromatic rings. The van der Waals surface area contributed by atoms with E-state index < -0.39 is 0 Å². The highest BCUT2D eigenvalue weighted by Gasteiger charge is 2.22. The van der Waals surface area contributed by atoms with Crippen LogP contribution in [0.4, 0.5) is 10.1 Å². The molecule has 2 aromatic carbocycles. The van der Waals surface area contributed by atoms with E-state index in [9.17, 15) is 14.3 Å². The van der Waals surface area contributed by atoms with Gasteiger partial charge in [-0.15, -0.1) is 0 Å². The van der Waals surface area contributed by atoms with E-state index in [2.05, 4.69) is 48.3 Å². The molecule has 2 N–H and O–H groups in total. The average Bonchev–Trinajstić information content (AvgIpc) is 2.73. The molecule has 0 aromatic heterocycles. The van der Waals surface area contributed by atoms with Crippen LogP contribution < -0.4 is 10.2 Å². The lowest BCUT2D eigenvalue weighted by atomic mass is 10.00. The quantitative estimate of drug-likeness (QED) is 0.692. The zero-order valence-electron chi connectivity index (χ0n) is 18.2. The fourth-order valence-electron chi connectivity index (χ4n) is 3.99. The molecule has 1 aliphatic heterocycles. The van der Waals surface area contributed by atoms with Gasteiger partial charge in [0.15, 0.2) is 0 Å². The molecule has 1 heterocycles. The highest BCUT2D eigenvalue weighted by atomic mass is 19.1. The largest absolute Gasteiger partial charge is 0.393 e. The van der Waals surface area contributed by atoms with Crippen LogP contribution in [-0.4, -0.2) is 30.2 Å². The zero-order chi connectivity index (χ0) is 21.7. The van der Waals surface area contributed by atoms with Crippen molar-refractivity contribution in [1.29, 1.82) is 0 Å². The molecule has 1 saturated heterocycles. The molecule has 0 unspecified atom stereocenters. The Balaban J connectivity index is 1.61. The summed E-state index contributed by atoms with van der Waals surface area (Å²) in [7, 11) is 0. The smallest absolute Gasteiger partial charge is 0.220 e. The Hall–Kier alpha value is -2.40. The van der Waals surface area contributed by atoms with Gasteiger partial charge < -0.3 is 15.3 Å². The standard InChI is InChI=1S/C25H33FN2O2/c1-17(2)20-7-4-19(5-8-20)6-11-25(30)27-18(3)23-16-21(26)9-10-24(23)28-14-12-22(29)13-15-28/h4-5,7-10,16-18,22,29H,6,11-15H2,1-3H3,(H,27,30)/t18-/m0/s1. The van der Waals surface area contributed by atoms with Crippen molar-refractivity contribution >= 4 is 11.6 Å². The number of rotatable bonds is 7. The first-order valence-electron chi connectivity index (χ1n) is 10.9. The van der Waals surface area contributed by atoms with E-state index in [4.69, 9.17) is 0 Å². The van der Waals surface area contributed by atoms with Crippen LogP contribution in [0.15, 0.2) is 42.5 Å². The highest BCUT2D eigenvalue weighted by Crippen LogP contribution is 2.30. The zero-order valence-corrected chi connectivity index (χ0v) is 18.2. The lowest BCUT2D eigenvalue weighted by molar-refractivity contribution is -0.121. The molecular weight excluding hydrogens is 379 g/mol. The topological polar surface area (TPSA) is 52.6 Å². The molecule has 162 valence electrons. The Kier molecular flexibility index (Phi) is 7.48. The minimum Gasteiger partial charge on any atom is -0.393 e. The van der Waals surface area contributed by atoms with Gasteiger partial charge in [0.25, 0.3) is 0 Å². The molecule has 1 aliphatic rings. The first kappa shape index (κ1) is 22.3. The number of amides is 1. The van der Waals surface area contributed by atoms with E-state index in [-0.39, 0.29) is 23.9 Å². The summed E-state index contributed by atoms with van der Waals surface area (Å²) in [6.07, 6.45) is 2.21. The van der Waals surface area contributed by atoms with Gasteiger partial charge in [-0.1, -0.05) is 38.1 Å². The first-order chi connectivity index (χ1) is 14.3. The molecule has 0 aliphatic carbocycles. The maximum Gasteiger partial charge on any atom is 0.220 e. The second kappa shape index (κ2) is 10.1. The van der Waals surface area contributed by atoms with Gasteiger partial charge in [0.05, 0.1) is 12.1 Å². The number of aliphatic hydroxyl groups excluding tert-OH is 1. The number of carbonyl (C=O) groups is 1. The summed E-state index contributed by atoms with van der Waals surface area (Å²) in [6, 6.07) is 12.9. The number of piperidine rings is 1. The number of nitrogens with zero attached hydrogens (tertiary/aromatic N) is 1. The Morgan fingerprint density at radius 3 is 2.43 bits per heavy atom. The lowest BCUT2D eigenvalue weighted by Gasteiger charge is -2.34. The van der Waals surface area contributed by atoms with Gasteiger partial charge in [0.1, 0.15) is 5.82 Å². The summed E-state index contributed by atoms with van der Waals surface area (Å²) in [5.74, 6) is 0.142. The third-order valence-corrected chi connectivity index (χ3v) is 5.93. The molecule has 1 atom stereocenters. The maximum absolute atomic E-state index is 14.0. The normalized spacial score (nSPS) is 16.0. The van der Waals surface area contributed by atoms with Crippen LogP contribution in [0.2, 0.25) is 0 Å². The van der Waals surface area contributed by atoms with Gasteiger partial charge in [-0.05, 0) is 61.4 Å². The van der Waals surface area contributed by atoms with E-state index in [0.29, 0.717) is 31.6 Å². The molecule has 0 radical (unpaired) electrons. The monoisotopic (exact) mass is 412 g/mol. The van der Waals surface area contributed by atoms with Crippen LogP contribution in [0, 0.1) is 5.82 Å². The molecule has 0 spiro atoms. The van der Waals surface area contributed by atoms with Crippen molar-refractivity contribution in [2.75, 3.05) is 18.0 Å². The van der Waals surface area contributed by atoms with E-state index in [1.54, 1.807) is 6.07 Å². The molecule has 0 saturated carbocycles. The van der Waals surface area contributed by atoms with E-state index in [1.807, 2.05) is 6.92 Å². The van der Waals surface area contributed by atoms with Gasteiger partial charge >= 0.3 is 0 Å². The van der Waals surface area contributed by atoms with Gasteiger partial charge in [0.2, 0.25) is 5.91 Å². The summed E-state index contributed by atoms with van der Waals surface area (Å²) in [6.45, 7) is 7.68. The van der Waals surface area contributed by atoms with Crippen LogP contribution in [0.5, 0.6) is 0 Å². The third kappa shape index (κ3) is 5.82. The summed E-state index contributed by atoms with van der Waals surface area (Å²) < 4.78 is 14.0. The fourth-order valence-corrected chi connectivity index (χ4v) is 3.99. The summed E-state index contributed by atoms with van der Waals surface area (Å²) >= 11 is 0. The predicted molar refractivity (Wildman–Crippen MR) is 119 cm³/mol. The van der Waals surface area contributed by atoms with Crippen molar-refractivity contribution in [3.05, 3.63) is 65.0 Å². The van der Waals surface area contributed by atoms with Gasteiger partial charge in [0, 0.05) is 30.8 Å². The number of carbonyl (C=O) groups excluding carboxylic acids is 1. The van der Waals surface area contributed by atoms with Gasteiger partial charge in [-0.25, -0.2) is 4.39 Å². The summed E-state index contributed by atoms with van der Waals surface area (Å²) in [5.41, 5.74) is 4.14. The van der Waals surface area contributed by atoms with Crippen molar-refractivity contribution in [2.45, 2.75) is 64.5 Å². The Morgan fingerprint density at radius 1 is 1.13 bits per heavy atom. The molecule has 3 rings (SSSR count). The molecule has 1 fully saturated rings. The second-order valence-electron chi connectivity index (χ2n) is 8.61. The van der Waals surface area contributed by atoms with Crippen LogP contribution in [-0.2, 0) is 11.2 Å². The number of aliphatic hydroxyl groups is 1. The summed E-state index contributed by atoms with van der Waals surface area (Å²) in [5, 5.41) is 12.8. The highest BCUT2D eigenvalue weighted by molar-refractivity contribution is 5.77. The van der Waals surface area contributed by atoms with Crippen molar-refractivity contribution in [1.82, 2.24) is 5.32 Å². The first-order valence-corrected chi connectivity index (χ1v) is 10.9. The van der Waals surface area contributed by atoms with E-state index in [1.165, 1.54) is 17.7 Å². The Bertz CT molecular complexity index is 843. The minimum absolute atomic E-state index is 0.0419. The van der Waals surface area contributed by atoms with Crippen molar-refractivity contribution in [2.24, 2.45) is 0 Å². The van der Waals surface area contributed by atoms with Crippen LogP contribution in [0.1, 0.15) is 68.7 Å². The van der Waals surface area contributed by atoms with Crippen LogP contribution in [0.25, 0.3) is 0 Å². The van der Waals surface area contributed by atoms with Crippen LogP contribution in [0.3, 0.4) is 0 Å². The van der Waals surface area contributed by atoms with Crippen molar-refractivity contribution in [3.63, 3.8) is 0 Å². The Labute approximate surface area is 179 Å². The van der Waals surface area contributed by atoms with E-state index in [0.717, 1.165) is 29.9 Å². The average molecular weight is 413 g/mol. The van der Waals surface area contributed by atoms with Crippen molar-refractivity contribution in [3.8, 4) is 0 Å². The number of nitrogens with one attached hydrogen (secondary N) is 1. The van der Waals surface area contributed by atoms with Gasteiger partial charge in [-0.2, -0.15) is 0 Å². The second-order valence-corrected chi connectivity index (χ2v) is 8.61. The fraction of sp³-hybridized carbons (Fsp3) is 0.480. The van der Waals surface area contributed by atoms with Gasteiger partial charge in [-0.3, -0.25) is 4.79 Å². The molecule has 0 bridgehead atoms. The van der Waals surface area contributed by atoms with E-state index >= 15 is 0 Å². The third-order valence-electron chi connectivity index (χ3n) is 5.93. The maximum atomic E-state index is 14.0. The number of benzene rings is 2. The predicted octanol–water partition coefficient (Wildman–Crippen LogP) is 4.72. The molecule has 4 nitrogen and oxygen atoms in total. The number of halogens is 1. The molecular formula is C25H33FN2O2. The molecule has 30 heavy (non-hydrogen) atoms. The molecule has 5 heteroatoms. The Morgan fingerprint density at radius 2 is 1.80 bits per heavy atom. The minimum atomic E-state index is -0.308. The SMILES string of the molecule is CC(C)c1ccc(CCC(=O)N[C@@H](C)c2cc(F)ccc2N2CCC(O)CC2)cc1.